The molecular formula is C20H30N4O3S. The van der Waals surface area contributed by atoms with Crippen LogP contribution < -0.4 is 0 Å². The molecule has 0 bridgehead atoms. The van der Waals surface area contributed by atoms with Crippen LogP contribution in [0.15, 0.2) is 23.1 Å². The lowest BCUT2D eigenvalue weighted by Crippen LogP contribution is -2.40. The number of benzene rings is 1. The van der Waals surface area contributed by atoms with E-state index in [0.717, 1.165) is 29.9 Å². The first-order valence-electron chi connectivity index (χ1n) is 10.3. The first-order valence-corrected chi connectivity index (χ1v) is 11.7. The maximum atomic E-state index is 13.0. The van der Waals surface area contributed by atoms with Gasteiger partial charge in [0, 0.05) is 25.7 Å². The highest BCUT2D eigenvalue weighted by molar-refractivity contribution is 7.89. The van der Waals surface area contributed by atoms with Gasteiger partial charge >= 0.3 is 0 Å². The van der Waals surface area contributed by atoms with Gasteiger partial charge in [0.15, 0.2) is 0 Å². The zero-order valence-corrected chi connectivity index (χ0v) is 17.6. The number of fused-ring (bicyclic) bond motifs is 1. The normalized spacial score (nSPS) is 19.8. The van der Waals surface area contributed by atoms with Gasteiger partial charge in [0.2, 0.25) is 10.0 Å². The molecule has 1 aliphatic heterocycles. The number of hydrogen-bond donors (Lipinski definition) is 0. The van der Waals surface area contributed by atoms with Crippen molar-refractivity contribution in [2.45, 2.75) is 56.6 Å². The third kappa shape index (κ3) is 3.70. The van der Waals surface area contributed by atoms with Crippen molar-refractivity contribution in [3.63, 3.8) is 0 Å². The summed E-state index contributed by atoms with van der Waals surface area (Å²) < 4.78 is 34.9. The summed E-state index contributed by atoms with van der Waals surface area (Å²) in [4.78, 5) is 7.54. The third-order valence-electron chi connectivity index (χ3n) is 6.06. The van der Waals surface area contributed by atoms with Crippen LogP contribution in [0.25, 0.3) is 11.0 Å². The fourth-order valence-corrected chi connectivity index (χ4v) is 5.86. The molecule has 1 saturated heterocycles. The van der Waals surface area contributed by atoms with Gasteiger partial charge in [0.05, 0.1) is 35.7 Å². The Hall–Kier alpha value is -1.48. The number of ether oxygens (including phenoxy) is 1. The van der Waals surface area contributed by atoms with Gasteiger partial charge in [0.25, 0.3) is 0 Å². The standard InChI is InChI=1S/C20H30N4O3S/c1-3-24-19-9-8-17(28(25,26)23-10-12-27-13-11-23)14-18(19)21-20(24)15-22(2)16-6-4-5-7-16/h8-9,14,16H,3-7,10-13,15H2,1-2H3. The molecule has 4 rings (SSSR count). The van der Waals surface area contributed by atoms with Gasteiger partial charge < -0.3 is 9.30 Å². The van der Waals surface area contributed by atoms with Crippen molar-refractivity contribution < 1.29 is 13.2 Å². The number of nitrogens with zero attached hydrogens (tertiary/aromatic N) is 4. The largest absolute Gasteiger partial charge is 0.379 e. The number of morpholine rings is 1. The molecule has 2 heterocycles. The minimum atomic E-state index is -3.51. The Kier molecular flexibility index (Phi) is 5.73. The van der Waals surface area contributed by atoms with Crippen molar-refractivity contribution >= 4 is 21.1 Å². The second-order valence-electron chi connectivity index (χ2n) is 7.79. The Labute approximate surface area is 167 Å². The molecule has 1 aromatic carbocycles. The fraction of sp³-hybridized carbons (Fsp3) is 0.650. The van der Waals surface area contributed by atoms with Gasteiger partial charge in [-0.1, -0.05) is 12.8 Å². The SMILES string of the molecule is CCn1c(CN(C)C2CCCC2)nc2cc(S(=O)(=O)N3CCOCC3)ccc21. The second-order valence-corrected chi connectivity index (χ2v) is 9.73. The summed E-state index contributed by atoms with van der Waals surface area (Å²) in [5.41, 5.74) is 1.75. The lowest BCUT2D eigenvalue weighted by atomic mass is 10.2. The highest BCUT2D eigenvalue weighted by atomic mass is 32.2. The molecule has 1 aliphatic carbocycles. The summed E-state index contributed by atoms with van der Waals surface area (Å²) in [6.07, 6.45) is 5.12. The summed E-state index contributed by atoms with van der Waals surface area (Å²) >= 11 is 0. The monoisotopic (exact) mass is 406 g/mol. The number of sulfonamides is 1. The van der Waals surface area contributed by atoms with E-state index in [9.17, 15) is 8.42 Å². The molecule has 28 heavy (non-hydrogen) atoms. The third-order valence-corrected chi connectivity index (χ3v) is 7.96. The predicted molar refractivity (Wildman–Crippen MR) is 109 cm³/mol. The van der Waals surface area contributed by atoms with E-state index in [1.54, 1.807) is 12.1 Å². The summed E-state index contributed by atoms with van der Waals surface area (Å²) in [6, 6.07) is 5.97. The molecular weight excluding hydrogens is 376 g/mol. The molecule has 0 radical (unpaired) electrons. The molecule has 0 N–H and O–H groups in total. The number of rotatable bonds is 6. The van der Waals surface area contributed by atoms with Crippen LogP contribution in [-0.2, 0) is 27.8 Å². The summed E-state index contributed by atoms with van der Waals surface area (Å²) in [5.74, 6) is 1.01. The van der Waals surface area contributed by atoms with Crippen LogP contribution in [-0.4, -0.2) is 66.6 Å². The summed E-state index contributed by atoms with van der Waals surface area (Å²) in [5, 5.41) is 0. The molecule has 8 heteroatoms. The molecule has 154 valence electrons. The lowest BCUT2D eigenvalue weighted by molar-refractivity contribution is 0.0730. The van der Waals surface area contributed by atoms with Crippen molar-refractivity contribution in [3.05, 3.63) is 24.0 Å². The smallest absolute Gasteiger partial charge is 0.243 e. The first-order chi connectivity index (χ1) is 13.5. The van der Waals surface area contributed by atoms with Crippen molar-refractivity contribution in [2.75, 3.05) is 33.4 Å². The maximum Gasteiger partial charge on any atom is 0.243 e. The molecule has 0 unspecified atom stereocenters. The molecule has 1 saturated carbocycles. The lowest BCUT2D eigenvalue weighted by Gasteiger charge is -2.26. The summed E-state index contributed by atoms with van der Waals surface area (Å²) in [7, 11) is -1.34. The number of aryl methyl sites for hydroxylation is 1. The van der Waals surface area contributed by atoms with Gasteiger partial charge in [-0.2, -0.15) is 4.31 Å². The van der Waals surface area contributed by atoms with E-state index in [0.29, 0.717) is 37.2 Å². The van der Waals surface area contributed by atoms with Crippen molar-refractivity contribution in [1.82, 2.24) is 18.8 Å². The van der Waals surface area contributed by atoms with Crippen molar-refractivity contribution in [1.29, 1.82) is 0 Å². The Morgan fingerprint density at radius 1 is 1.21 bits per heavy atom. The molecule has 1 aromatic heterocycles. The van der Waals surface area contributed by atoms with E-state index < -0.39 is 10.0 Å². The zero-order valence-electron chi connectivity index (χ0n) is 16.8. The molecule has 0 atom stereocenters. The van der Waals surface area contributed by atoms with Gasteiger partial charge in [-0.15, -0.1) is 0 Å². The molecule has 2 aliphatic rings. The van der Waals surface area contributed by atoms with Crippen molar-refractivity contribution in [2.24, 2.45) is 0 Å². The Balaban J connectivity index is 1.64. The molecule has 0 amide bonds. The van der Waals surface area contributed by atoms with E-state index in [2.05, 4.69) is 23.4 Å². The second kappa shape index (κ2) is 8.10. The van der Waals surface area contributed by atoms with Gasteiger partial charge in [-0.3, -0.25) is 4.90 Å². The van der Waals surface area contributed by atoms with Gasteiger partial charge in [-0.05, 0) is 45.0 Å². The van der Waals surface area contributed by atoms with Crippen LogP contribution in [0.1, 0.15) is 38.4 Å². The average molecular weight is 407 g/mol. The summed E-state index contributed by atoms with van der Waals surface area (Å²) in [6.45, 7) is 5.42. The van der Waals surface area contributed by atoms with Crippen LogP contribution in [0, 0.1) is 0 Å². The number of aromatic nitrogens is 2. The van der Waals surface area contributed by atoms with E-state index >= 15 is 0 Å². The molecule has 7 nitrogen and oxygen atoms in total. The van der Waals surface area contributed by atoms with E-state index in [1.165, 1.54) is 30.0 Å². The minimum Gasteiger partial charge on any atom is -0.379 e. The van der Waals surface area contributed by atoms with Crippen LogP contribution >= 0.6 is 0 Å². The Bertz CT molecular complexity index is 928. The first kappa shape index (κ1) is 19.8. The minimum absolute atomic E-state index is 0.318. The molecule has 2 aromatic rings. The number of imidazole rings is 1. The Morgan fingerprint density at radius 2 is 1.93 bits per heavy atom. The van der Waals surface area contributed by atoms with E-state index in [-0.39, 0.29) is 0 Å². The highest BCUT2D eigenvalue weighted by Crippen LogP contribution is 2.26. The maximum absolute atomic E-state index is 13.0. The predicted octanol–water partition coefficient (Wildman–Crippen LogP) is 2.45. The van der Waals surface area contributed by atoms with Crippen LogP contribution in [0.4, 0.5) is 0 Å². The molecule has 2 fully saturated rings. The highest BCUT2D eigenvalue weighted by Gasteiger charge is 2.27. The van der Waals surface area contributed by atoms with Crippen molar-refractivity contribution in [3.8, 4) is 0 Å². The zero-order chi connectivity index (χ0) is 19.7. The van der Waals surface area contributed by atoms with Crippen LogP contribution in [0.2, 0.25) is 0 Å². The molecule has 0 spiro atoms. The van der Waals surface area contributed by atoms with Crippen LogP contribution in [0.3, 0.4) is 0 Å². The number of hydrogen-bond acceptors (Lipinski definition) is 5. The van der Waals surface area contributed by atoms with Gasteiger partial charge in [0.1, 0.15) is 5.82 Å². The van der Waals surface area contributed by atoms with E-state index in [4.69, 9.17) is 9.72 Å². The van der Waals surface area contributed by atoms with Gasteiger partial charge in [-0.25, -0.2) is 13.4 Å². The average Bonchev–Trinajstić information content (AvgIpc) is 3.35. The topological polar surface area (TPSA) is 67.7 Å². The Morgan fingerprint density at radius 3 is 2.61 bits per heavy atom. The van der Waals surface area contributed by atoms with E-state index in [1.807, 2.05) is 6.07 Å². The quantitative estimate of drug-likeness (QED) is 0.737. The fourth-order valence-electron chi connectivity index (χ4n) is 4.43. The van der Waals surface area contributed by atoms with Crippen LogP contribution in [0.5, 0.6) is 0 Å².